The summed E-state index contributed by atoms with van der Waals surface area (Å²) in [5, 5.41) is 15.0. The maximum atomic E-state index is 12.8. The van der Waals surface area contributed by atoms with Gasteiger partial charge in [-0.15, -0.1) is 0 Å². The number of halogens is 2. The maximum Gasteiger partial charge on any atom is 0.256 e. The first-order chi connectivity index (χ1) is 17.3. The first-order valence-electron chi connectivity index (χ1n) is 11.2. The average Bonchev–Trinajstić information content (AvgIpc) is 3.26. The molecule has 0 saturated carbocycles. The Hall–Kier alpha value is -3.46. The van der Waals surface area contributed by atoms with E-state index >= 15 is 0 Å². The van der Waals surface area contributed by atoms with Crippen LogP contribution in [0, 0.1) is 0 Å². The molecule has 0 spiro atoms. The average molecular weight is 528 g/mol. The van der Waals surface area contributed by atoms with Crippen LogP contribution in [0.3, 0.4) is 0 Å². The second kappa shape index (κ2) is 11.1. The van der Waals surface area contributed by atoms with E-state index in [1.165, 1.54) is 14.2 Å². The number of hydrogen-bond donors (Lipinski definition) is 3. The lowest BCUT2D eigenvalue weighted by Crippen LogP contribution is -2.20. The Morgan fingerprint density at radius 1 is 1.00 bits per heavy atom. The Bertz CT molecular complexity index is 1360. The van der Waals surface area contributed by atoms with E-state index in [1.807, 2.05) is 44.4 Å². The SMILES string of the molecule is COc1cc(OC)c(Cl)c(-c2ccc3c(NC(=O)c4ccc(NCCN(C)C)cc4)n[nH]c3c2)c1Cl. The summed E-state index contributed by atoms with van der Waals surface area (Å²) in [6.07, 6.45) is 0. The van der Waals surface area contributed by atoms with Gasteiger partial charge in [0.25, 0.3) is 5.91 Å². The fraction of sp³-hybridized carbons (Fsp3) is 0.231. The van der Waals surface area contributed by atoms with Crippen molar-refractivity contribution in [3.63, 3.8) is 0 Å². The van der Waals surface area contributed by atoms with Crippen LogP contribution < -0.4 is 20.1 Å². The molecule has 0 radical (unpaired) electrons. The summed E-state index contributed by atoms with van der Waals surface area (Å²) in [6, 6.07) is 14.5. The quantitative estimate of drug-likeness (QED) is 0.255. The topological polar surface area (TPSA) is 91.5 Å². The van der Waals surface area contributed by atoms with Crippen molar-refractivity contribution in [1.82, 2.24) is 15.1 Å². The molecule has 8 nitrogen and oxygen atoms in total. The highest BCUT2D eigenvalue weighted by molar-refractivity contribution is 6.41. The molecule has 3 N–H and O–H groups in total. The van der Waals surface area contributed by atoms with E-state index < -0.39 is 0 Å². The summed E-state index contributed by atoms with van der Waals surface area (Å²) in [5.41, 5.74) is 3.52. The van der Waals surface area contributed by atoms with Gasteiger partial charge in [-0.3, -0.25) is 9.89 Å². The van der Waals surface area contributed by atoms with Crippen LogP contribution >= 0.6 is 23.2 Å². The van der Waals surface area contributed by atoms with Gasteiger partial charge in [-0.1, -0.05) is 29.3 Å². The number of fused-ring (bicyclic) bond motifs is 1. The monoisotopic (exact) mass is 527 g/mol. The fourth-order valence-electron chi connectivity index (χ4n) is 3.75. The standard InChI is InChI=1S/C26H27Cl2N5O3/c1-33(2)12-11-29-17-8-5-15(6-9-17)26(34)30-25-18-10-7-16(13-19(18)31-32-25)22-23(27)20(35-3)14-21(36-4)24(22)28/h5-10,13-14,29H,11-12H2,1-4H3,(H2,30,31,32,34). The molecule has 4 rings (SSSR count). The number of aromatic amines is 1. The summed E-state index contributed by atoms with van der Waals surface area (Å²) < 4.78 is 10.7. The molecular weight excluding hydrogens is 501 g/mol. The Kier molecular flexibility index (Phi) is 7.88. The number of carbonyl (C=O) groups excluding carboxylic acids is 1. The van der Waals surface area contributed by atoms with Crippen LogP contribution in [0.1, 0.15) is 10.4 Å². The van der Waals surface area contributed by atoms with Gasteiger partial charge in [0.1, 0.15) is 11.5 Å². The van der Waals surface area contributed by atoms with Gasteiger partial charge in [-0.25, -0.2) is 0 Å². The zero-order valence-corrected chi connectivity index (χ0v) is 21.9. The third-order valence-corrected chi connectivity index (χ3v) is 6.44. The number of likely N-dealkylation sites (N-methyl/N-ethyl adjacent to an activating group) is 1. The van der Waals surface area contributed by atoms with Gasteiger partial charge >= 0.3 is 0 Å². The normalized spacial score (nSPS) is 11.1. The molecule has 0 fully saturated rings. The van der Waals surface area contributed by atoms with Crippen LogP contribution in [0.5, 0.6) is 11.5 Å². The molecule has 3 aromatic carbocycles. The zero-order chi connectivity index (χ0) is 25.8. The number of carbonyl (C=O) groups is 1. The van der Waals surface area contributed by atoms with Crippen LogP contribution in [-0.4, -0.2) is 62.4 Å². The van der Waals surface area contributed by atoms with Crippen LogP contribution in [0.4, 0.5) is 11.5 Å². The Morgan fingerprint density at radius 2 is 1.67 bits per heavy atom. The Balaban J connectivity index is 1.55. The fourth-order valence-corrected chi connectivity index (χ4v) is 4.47. The molecule has 0 bridgehead atoms. The van der Waals surface area contributed by atoms with Gasteiger partial charge in [-0.05, 0) is 56.1 Å². The molecule has 188 valence electrons. The van der Waals surface area contributed by atoms with Crippen molar-refractivity contribution in [2.45, 2.75) is 0 Å². The number of aromatic nitrogens is 2. The van der Waals surface area contributed by atoms with Gasteiger partial charge in [0.15, 0.2) is 5.82 Å². The number of hydrogen-bond acceptors (Lipinski definition) is 6. The molecule has 0 aliphatic carbocycles. The van der Waals surface area contributed by atoms with E-state index in [-0.39, 0.29) is 5.91 Å². The second-order valence-corrected chi connectivity index (χ2v) is 9.13. The van der Waals surface area contributed by atoms with Crippen molar-refractivity contribution in [3.8, 4) is 22.6 Å². The number of benzene rings is 3. The van der Waals surface area contributed by atoms with Crippen molar-refractivity contribution >= 4 is 51.5 Å². The summed E-state index contributed by atoms with van der Waals surface area (Å²) >= 11 is 13.1. The van der Waals surface area contributed by atoms with E-state index in [0.717, 1.165) is 29.7 Å². The lowest BCUT2D eigenvalue weighted by molar-refractivity contribution is 0.102. The van der Waals surface area contributed by atoms with Crippen LogP contribution in [-0.2, 0) is 0 Å². The lowest BCUT2D eigenvalue weighted by atomic mass is 10.0. The minimum atomic E-state index is -0.254. The lowest BCUT2D eigenvalue weighted by Gasteiger charge is -2.14. The van der Waals surface area contributed by atoms with Crippen molar-refractivity contribution in [2.75, 3.05) is 52.0 Å². The molecule has 0 aliphatic heterocycles. The van der Waals surface area contributed by atoms with E-state index in [2.05, 4.69) is 25.7 Å². The number of anilines is 2. The summed E-state index contributed by atoms with van der Waals surface area (Å²) in [6.45, 7) is 1.73. The third kappa shape index (κ3) is 5.36. The third-order valence-electron chi connectivity index (χ3n) is 5.69. The highest BCUT2D eigenvalue weighted by Crippen LogP contribution is 2.46. The minimum Gasteiger partial charge on any atom is -0.495 e. The molecule has 1 heterocycles. The highest BCUT2D eigenvalue weighted by Gasteiger charge is 2.20. The molecule has 4 aromatic rings. The Morgan fingerprint density at radius 3 is 2.28 bits per heavy atom. The van der Waals surface area contributed by atoms with Crippen molar-refractivity contribution < 1.29 is 14.3 Å². The predicted octanol–water partition coefficient (Wildman–Crippen LogP) is 5.78. The first kappa shape index (κ1) is 25.6. The molecule has 0 aliphatic rings. The maximum absolute atomic E-state index is 12.8. The van der Waals surface area contributed by atoms with Gasteiger partial charge < -0.3 is 25.0 Å². The van der Waals surface area contributed by atoms with Gasteiger partial charge in [0.2, 0.25) is 0 Å². The molecule has 1 aromatic heterocycles. The number of nitrogens with one attached hydrogen (secondary N) is 3. The highest BCUT2D eigenvalue weighted by atomic mass is 35.5. The molecule has 0 saturated heterocycles. The van der Waals surface area contributed by atoms with Crippen LogP contribution in [0.2, 0.25) is 10.0 Å². The molecule has 10 heteroatoms. The van der Waals surface area contributed by atoms with Crippen LogP contribution in [0.25, 0.3) is 22.0 Å². The van der Waals surface area contributed by atoms with E-state index in [0.29, 0.717) is 44.0 Å². The second-order valence-electron chi connectivity index (χ2n) is 8.38. The smallest absolute Gasteiger partial charge is 0.256 e. The summed E-state index contributed by atoms with van der Waals surface area (Å²) in [5.74, 6) is 1.07. The number of amides is 1. The number of nitrogens with zero attached hydrogens (tertiary/aromatic N) is 2. The van der Waals surface area contributed by atoms with Crippen molar-refractivity contribution in [2.24, 2.45) is 0 Å². The molecule has 36 heavy (non-hydrogen) atoms. The van der Waals surface area contributed by atoms with Gasteiger partial charge in [0, 0.05) is 41.4 Å². The molecule has 0 unspecified atom stereocenters. The molecule has 0 atom stereocenters. The summed E-state index contributed by atoms with van der Waals surface area (Å²) in [4.78, 5) is 14.9. The van der Waals surface area contributed by atoms with E-state index in [1.54, 1.807) is 18.2 Å². The van der Waals surface area contributed by atoms with E-state index in [4.69, 9.17) is 32.7 Å². The van der Waals surface area contributed by atoms with Gasteiger partial charge in [0.05, 0.1) is 29.8 Å². The zero-order valence-electron chi connectivity index (χ0n) is 20.4. The molecular formula is C26H27Cl2N5O3. The van der Waals surface area contributed by atoms with E-state index in [9.17, 15) is 4.79 Å². The first-order valence-corrected chi connectivity index (χ1v) is 12.0. The Labute approximate surface area is 219 Å². The number of rotatable bonds is 9. The number of methoxy groups -OCH3 is 2. The van der Waals surface area contributed by atoms with Crippen molar-refractivity contribution in [1.29, 1.82) is 0 Å². The number of ether oxygens (including phenoxy) is 2. The van der Waals surface area contributed by atoms with Crippen molar-refractivity contribution in [3.05, 3.63) is 64.1 Å². The van der Waals surface area contributed by atoms with Gasteiger partial charge in [-0.2, -0.15) is 5.10 Å². The minimum absolute atomic E-state index is 0.254. The predicted molar refractivity (Wildman–Crippen MR) is 146 cm³/mol. The van der Waals surface area contributed by atoms with Crippen LogP contribution in [0.15, 0.2) is 48.5 Å². The summed E-state index contributed by atoms with van der Waals surface area (Å²) in [7, 11) is 7.10. The molecule has 1 amide bonds. The number of H-pyrrole nitrogens is 1. The largest absolute Gasteiger partial charge is 0.495 e.